The number of carbonyl (C=O) groups is 2. The third-order valence-corrected chi connectivity index (χ3v) is 2.26. The second kappa shape index (κ2) is 4.04. The summed E-state index contributed by atoms with van der Waals surface area (Å²) in [4.78, 5) is 20.6. The van der Waals surface area contributed by atoms with Crippen molar-refractivity contribution >= 4 is 12.8 Å². The molecule has 0 aromatic heterocycles. The Morgan fingerprint density at radius 1 is 1.50 bits per heavy atom. The first-order valence-electron chi connectivity index (χ1n) is 4.03. The highest BCUT2D eigenvalue weighted by Crippen LogP contribution is 2.25. The van der Waals surface area contributed by atoms with Gasteiger partial charge in [-0.15, -0.1) is 0 Å². The third-order valence-electron chi connectivity index (χ3n) is 2.26. The molecule has 3 nitrogen and oxygen atoms in total. The topological polar surface area (TPSA) is 43.4 Å². The van der Waals surface area contributed by atoms with Crippen LogP contribution in [0.4, 0.5) is 0 Å². The molecule has 0 spiro atoms. The Bertz CT molecular complexity index is 218. The second-order valence-electron chi connectivity index (χ2n) is 2.94. The fourth-order valence-electron chi connectivity index (χ4n) is 1.49. The van der Waals surface area contributed by atoms with E-state index in [0.29, 0.717) is 6.47 Å². The first-order valence-corrected chi connectivity index (χ1v) is 4.03. The summed E-state index contributed by atoms with van der Waals surface area (Å²) in [5.41, 5.74) is 1.69. The number of hydrogen-bond acceptors (Lipinski definition) is 3. The van der Waals surface area contributed by atoms with E-state index in [2.05, 4.69) is 0 Å². The molecule has 1 atom stereocenters. The maximum atomic E-state index is 10.5. The first kappa shape index (κ1) is 8.97. The van der Waals surface area contributed by atoms with E-state index in [1.807, 2.05) is 6.92 Å². The molecule has 1 rings (SSSR count). The molecule has 0 aromatic carbocycles. The number of aldehydes is 1. The van der Waals surface area contributed by atoms with Crippen LogP contribution in [0.3, 0.4) is 0 Å². The lowest BCUT2D eigenvalue weighted by Crippen LogP contribution is -2.19. The fourth-order valence-corrected chi connectivity index (χ4v) is 1.49. The first-order chi connectivity index (χ1) is 5.79. The molecule has 0 saturated carbocycles. The summed E-state index contributed by atoms with van der Waals surface area (Å²) in [5, 5.41) is 0. The van der Waals surface area contributed by atoms with E-state index in [1.54, 1.807) is 0 Å². The quantitative estimate of drug-likeness (QED) is 0.595. The lowest BCUT2D eigenvalue weighted by atomic mass is 9.91. The number of hydrogen-bond donors (Lipinski definition) is 0. The van der Waals surface area contributed by atoms with Gasteiger partial charge in [-0.1, -0.05) is 0 Å². The van der Waals surface area contributed by atoms with Crippen molar-refractivity contribution in [2.24, 2.45) is 0 Å². The highest BCUT2D eigenvalue weighted by Gasteiger charge is 2.19. The van der Waals surface area contributed by atoms with Crippen molar-refractivity contribution in [1.29, 1.82) is 0 Å². The molecule has 12 heavy (non-hydrogen) atoms. The van der Waals surface area contributed by atoms with Gasteiger partial charge in [0.15, 0.2) is 0 Å². The third kappa shape index (κ3) is 1.72. The van der Waals surface area contributed by atoms with E-state index in [1.165, 1.54) is 0 Å². The van der Waals surface area contributed by atoms with Crippen molar-refractivity contribution in [1.82, 2.24) is 0 Å². The molecule has 0 radical (unpaired) electrons. The molecular weight excluding hydrogens is 156 g/mol. The van der Waals surface area contributed by atoms with Crippen LogP contribution < -0.4 is 0 Å². The average Bonchev–Trinajstić information content (AvgIpc) is 2.09. The van der Waals surface area contributed by atoms with Crippen LogP contribution >= 0.6 is 0 Å². The van der Waals surface area contributed by atoms with E-state index in [0.717, 1.165) is 36.7 Å². The molecule has 0 amide bonds. The van der Waals surface area contributed by atoms with Gasteiger partial charge < -0.3 is 4.74 Å². The highest BCUT2D eigenvalue weighted by molar-refractivity contribution is 5.75. The van der Waals surface area contributed by atoms with Crippen molar-refractivity contribution in [3.05, 3.63) is 11.1 Å². The van der Waals surface area contributed by atoms with Crippen molar-refractivity contribution in [2.75, 3.05) is 0 Å². The smallest absolute Gasteiger partial charge is 0.293 e. The van der Waals surface area contributed by atoms with Crippen molar-refractivity contribution in [2.45, 2.75) is 32.3 Å². The summed E-state index contributed by atoms with van der Waals surface area (Å²) in [5.74, 6) is 0. The molecule has 3 heteroatoms. The van der Waals surface area contributed by atoms with Crippen molar-refractivity contribution in [3.8, 4) is 0 Å². The van der Waals surface area contributed by atoms with Crippen LogP contribution in [0.1, 0.15) is 26.2 Å². The van der Waals surface area contributed by atoms with Gasteiger partial charge in [-0.25, -0.2) is 0 Å². The minimum absolute atomic E-state index is 0.170. The van der Waals surface area contributed by atoms with Crippen molar-refractivity contribution < 1.29 is 14.3 Å². The van der Waals surface area contributed by atoms with Gasteiger partial charge in [0.25, 0.3) is 6.47 Å². The van der Waals surface area contributed by atoms with E-state index < -0.39 is 0 Å². The summed E-state index contributed by atoms with van der Waals surface area (Å²) >= 11 is 0. The summed E-state index contributed by atoms with van der Waals surface area (Å²) < 4.78 is 4.83. The van der Waals surface area contributed by atoms with E-state index in [9.17, 15) is 9.59 Å². The minimum atomic E-state index is -0.170. The minimum Gasteiger partial charge on any atom is -0.460 e. The van der Waals surface area contributed by atoms with Gasteiger partial charge in [0.1, 0.15) is 12.4 Å². The van der Waals surface area contributed by atoms with Gasteiger partial charge in [0.05, 0.1) is 0 Å². The van der Waals surface area contributed by atoms with Crippen LogP contribution in [0, 0.1) is 0 Å². The van der Waals surface area contributed by atoms with Crippen LogP contribution in [0.25, 0.3) is 0 Å². The van der Waals surface area contributed by atoms with Gasteiger partial charge >= 0.3 is 0 Å². The average molecular weight is 168 g/mol. The molecule has 1 unspecified atom stereocenters. The zero-order chi connectivity index (χ0) is 8.97. The molecule has 0 bridgehead atoms. The zero-order valence-corrected chi connectivity index (χ0v) is 7.08. The Labute approximate surface area is 71.4 Å². The number of carbonyl (C=O) groups excluding carboxylic acids is 2. The zero-order valence-electron chi connectivity index (χ0n) is 7.08. The molecule has 0 N–H and O–H groups in total. The SMILES string of the molecule is CC1=C(C=O)CCCC1OC=O. The van der Waals surface area contributed by atoms with Crippen LogP contribution in [0.5, 0.6) is 0 Å². The van der Waals surface area contributed by atoms with Gasteiger partial charge in [-0.3, -0.25) is 9.59 Å². The fraction of sp³-hybridized carbons (Fsp3) is 0.556. The Morgan fingerprint density at radius 3 is 2.83 bits per heavy atom. The van der Waals surface area contributed by atoms with Gasteiger partial charge in [0.2, 0.25) is 0 Å². The normalized spacial score (nSPS) is 23.6. The molecule has 0 saturated heterocycles. The van der Waals surface area contributed by atoms with E-state index >= 15 is 0 Å². The maximum absolute atomic E-state index is 10.5. The largest absolute Gasteiger partial charge is 0.460 e. The van der Waals surface area contributed by atoms with Crippen LogP contribution in [0.2, 0.25) is 0 Å². The van der Waals surface area contributed by atoms with Crippen molar-refractivity contribution in [3.63, 3.8) is 0 Å². The lowest BCUT2D eigenvalue weighted by Gasteiger charge is -2.22. The Morgan fingerprint density at radius 2 is 2.25 bits per heavy atom. The summed E-state index contributed by atoms with van der Waals surface area (Å²) in [7, 11) is 0. The van der Waals surface area contributed by atoms with Gasteiger partial charge in [0, 0.05) is 0 Å². The predicted molar refractivity (Wildman–Crippen MR) is 43.6 cm³/mol. The lowest BCUT2D eigenvalue weighted by molar-refractivity contribution is -0.132. The molecule has 1 aliphatic carbocycles. The molecule has 0 aromatic rings. The number of allylic oxidation sites excluding steroid dienone is 1. The Hall–Kier alpha value is -1.12. The molecule has 0 aliphatic heterocycles. The number of ether oxygens (including phenoxy) is 1. The molecule has 66 valence electrons. The summed E-state index contributed by atoms with van der Waals surface area (Å²) in [6.07, 6.45) is 3.26. The molecule has 1 aliphatic rings. The number of rotatable bonds is 3. The highest BCUT2D eigenvalue weighted by atomic mass is 16.5. The molecule has 0 fully saturated rings. The van der Waals surface area contributed by atoms with Crippen LogP contribution in [0.15, 0.2) is 11.1 Å². The molecular formula is C9H12O3. The standard InChI is InChI=1S/C9H12O3/c1-7-8(5-10)3-2-4-9(7)12-6-11/h5-6,9H,2-4H2,1H3. The second-order valence-corrected chi connectivity index (χ2v) is 2.94. The van der Waals surface area contributed by atoms with Crippen LogP contribution in [-0.4, -0.2) is 18.9 Å². The predicted octanol–water partition coefficient (Wildman–Crippen LogP) is 1.23. The van der Waals surface area contributed by atoms with Crippen LogP contribution in [-0.2, 0) is 14.3 Å². The Kier molecular flexibility index (Phi) is 3.02. The monoisotopic (exact) mass is 168 g/mol. The van der Waals surface area contributed by atoms with E-state index in [-0.39, 0.29) is 6.10 Å². The Balaban J connectivity index is 2.76. The molecule has 0 heterocycles. The van der Waals surface area contributed by atoms with Gasteiger partial charge in [-0.2, -0.15) is 0 Å². The summed E-state index contributed by atoms with van der Waals surface area (Å²) in [6.45, 7) is 2.29. The van der Waals surface area contributed by atoms with Gasteiger partial charge in [-0.05, 0) is 37.3 Å². The maximum Gasteiger partial charge on any atom is 0.293 e. The van der Waals surface area contributed by atoms with E-state index in [4.69, 9.17) is 4.74 Å². The summed E-state index contributed by atoms with van der Waals surface area (Å²) in [6, 6.07) is 0.